The number of hydrogen-bond acceptors (Lipinski definition) is 3. The fourth-order valence-corrected chi connectivity index (χ4v) is 3.88. The van der Waals surface area contributed by atoms with E-state index in [-0.39, 0.29) is 11.9 Å². The summed E-state index contributed by atoms with van der Waals surface area (Å²) in [6.07, 6.45) is 0.909. The van der Waals surface area contributed by atoms with Gasteiger partial charge < -0.3 is 16.0 Å². The Balaban J connectivity index is 1.43. The molecule has 0 aromatic heterocycles. The predicted octanol–water partition coefficient (Wildman–Crippen LogP) is 4.06. The van der Waals surface area contributed by atoms with E-state index in [4.69, 9.17) is 35.4 Å². The van der Waals surface area contributed by atoms with Gasteiger partial charge in [0, 0.05) is 31.4 Å². The summed E-state index contributed by atoms with van der Waals surface area (Å²) in [6, 6.07) is 15.0. The SMILES string of the molecule is C[C@H](NC(=S)Nc1ccccc1)C(=O)N[C@@H]1CCN(Cc2ccc(Cl)c(Cl)c2)C1. The summed E-state index contributed by atoms with van der Waals surface area (Å²) < 4.78 is 0. The zero-order valence-corrected chi connectivity index (χ0v) is 18.4. The van der Waals surface area contributed by atoms with E-state index in [9.17, 15) is 4.79 Å². The maximum atomic E-state index is 12.5. The highest BCUT2D eigenvalue weighted by molar-refractivity contribution is 7.80. The number of rotatable bonds is 6. The van der Waals surface area contributed by atoms with Gasteiger partial charge in [0.2, 0.25) is 5.91 Å². The minimum absolute atomic E-state index is 0.0661. The zero-order valence-electron chi connectivity index (χ0n) is 16.1. The first-order valence-corrected chi connectivity index (χ1v) is 10.7. The van der Waals surface area contributed by atoms with Crippen molar-refractivity contribution in [3.05, 3.63) is 64.1 Å². The van der Waals surface area contributed by atoms with Gasteiger partial charge in [-0.3, -0.25) is 9.69 Å². The molecule has 8 heteroatoms. The summed E-state index contributed by atoms with van der Waals surface area (Å²) >= 11 is 17.4. The lowest BCUT2D eigenvalue weighted by atomic mass is 10.2. The number of para-hydroxylation sites is 1. The van der Waals surface area contributed by atoms with Crippen molar-refractivity contribution in [3.8, 4) is 0 Å². The maximum Gasteiger partial charge on any atom is 0.242 e. The summed E-state index contributed by atoms with van der Waals surface area (Å²) in [4.78, 5) is 14.8. The number of hydrogen-bond donors (Lipinski definition) is 3. The Labute approximate surface area is 186 Å². The number of halogens is 2. The Morgan fingerprint density at radius 1 is 1.21 bits per heavy atom. The lowest BCUT2D eigenvalue weighted by molar-refractivity contribution is -0.123. The molecule has 1 aliphatic heterocycles. The number of likely N-dealkylation sites (tertiary alicyclic amines) is 1. The molecule has 0 aliphatic carbocycles. The van der Waals surface area contributed by atoms with Gasteiger partial charge in [-0.1, -0.05) is 47.5 Å². The molecule has 0 bridgehead atoms. The number of thiocarbonyl (C=S) groups is 1. The molecule has 154 valence electrons. The first-order chi connectivity index (χ1) is 13.9. The van der Waals surface area contributed by atoms with Crippen LogP contribution >= 0.6 is 35.4 Å². The van der Waals surface area contributed by atoms with E-state index < -0.39 is 6.04 Å². The minimum Gasteiger partial charge on any atom is -0.351 e. The molecule has 5 nitrogen and oxygen atoms in total. The van der Waals surface area contributed by atoms with Gasteiger partial charge in [-0.2, -0.15) is 0 Å². The van der Waals surface area contributed by atoms with E-state index in [1.165, 1.54) is 0 Å². The normalized spacial score (nSPS) is 17.6. The van der Waals surface area contributed by atoms with E-state index in [1.807, 2.05) is 48.5 Å². The molecule has 0 spiro atoms. The number of amides is 1. The Morgan fingerprint density at radius 3 is 2.69 bits per heavy atom. The van der Waals surface area contributed by atoms with Gasteiger partial charge in [0.1, 0.15) is 6.04 Å². The Morgan fingerprint density at radius 2 is 1.97 bits per heavy atom. The van der Waals surface area contributed by atoms with Crippen molar-refractivity contribution in [2.24, 2.45) is 0 Å². The van der Waals surface area contributed by atoms with Gasteiger partial charge in [-0.15, -0.1) is 0 Å². The Hall–Kier alpha value is -1.86. The quantitative estimate of drug-likeness (QED) is 0.579. The van der Waals surface area contributed by atoms with Gasteiger partial charge in [-0.25, -0.2) is 0 Å². The molecule has 1 heterocycles. The molecular weight excluding hydrogens is 427 g/mol. The average molecular weight is 451 g/mol. The zero-order chi connectivity index (χ0) is 20.8. The summed E-state index contributed by atoms with van der Waals surface area (Å²) in [7, 11) is 0. The molecule has 0 unspecified atom stereocenters. The van der Waals surface area contributed by atoms with Crippen molar-refractivity contribution in [1.82, 2.24) is 15.5 Å². The fraction of sp³-hybridized carbons (Fsp3) is 0.333. The van der Waals surface area contributed by atoms with Crippen LogP contribution in [0.5, 0.6) is 0 Å². The molecule has 2 atom stereocenters. The van der Waals surface area contributed by atoms with E-state index in [2.05, 4.69) is 20.9 Å². The second-order valence-electron chi connectivity index (χ2n) is 7.16. The summed E-state index contributed by atoms with van der Waals surface area (Å²) in [6.45, 7) is 4.30. The molecule has 1 amide bonds. The highest BCUT2D eigenvalue weighted by atomic mass is 35.5. The Bertz CT molecular complexity index is 865. The van der Waals surface area contributed by atoms with Crippen molar-refractivity contribution in [2.45, 2.75) is 32.0 Å². The van der Waals surface area contributed by atoms with Crippen molar-refractivity contribution in [3.63, 3.8) is 0 Å². The molecule has 3 rings (SSSR count). The molecular formula is C21H24Cl2N4OS. The summed E-state index contributed by atoms with van der Waals surface area (Å²) in [5.41, 5.74) is 1.99. The molecule has 2 aromatic rings. The van der Waals surface area contributed by atoms with Crippen molar-refractivity contribution in [1.29, 1.82) is 0 Å². The average Bonchev–Trinajstić information content (AvgIpc) is 3.12. The second kappa shape index (κ2) is 10.3. The number of anilines is 1. The third-order valence-corrected chi connectivity index (χ3v) is 5.74. The molecule has 1 saturated heterocycles. The monoisotopic (exact) mass is 450 g/mol. The number of nitrogens with zero attached hydrogens (tertiary/aromatic N) is 1. The van der Waals surface area contributed by atoms with Crippen molar-refractivity contribution >= 4 is 52.1 Å². The van der Waals surface area contributed by atoms with Crippen LogP contribution in [0.15, 0.2) is 48.5 Å². The molecule has 1 aliphatic rings. The lowest BCUT2D eigenvalue weighted by Crippen LogP contribution is -2.49. The molecule has 2 aromatic carbocycles. The van der Waals surface area contributed by atoms with Crippen LogP contribution in [0.2, 0.25) is 10.0 Å². The van der Waals surface area contributed by atoms with Crippen LogP contribution in [0.4, 0.5) is 5.69 Å². The van der Waals surface area contributed by atoms with Crippen LogP contribution in [0, 0.1) is 0 Å². The van der Waals surface area contributed by atoms with Crippen molar-refractivity contribution in [2.75, 3.05) is 18.4 Å². The second-order valence-corrected chi connectivity index (χ2v) is 8.39. The highest BCUT2D eigenvalue weighted by Crippen LogP contribution is 2.24. The van der Waals surface area contributed by atoms with E-state index in [0.29, 0.717) is 15.2 Å². The van der Waals surface area contributed by atoms with Crippen LogP contribution in [0.25, 0.3) is 0 Å². The summed E-state index contributed by atoms with van der Waals surface area (Å²) in [5, 5.41) is 10.8. The number of carbonyl (C=O) groups excluding carboxylic acids is 1. The third-order valence-electron chi connectivity index (χ3n) is 4.78. The first-order valence-electron chi connectivity index (χ1n) is 9.50. The van der Waals surface area contributed by atoms with Crippen LogP contribution in [-0.2, 0) is 11.3 Å². The molecule has 3 N–H and O–H groups in total. The standard InChI is InChI=1S/C21H24Cl2N4OS/c1-14(24-21(29)26-16-5-3-2-4-6-16)20(28)25-17-9-10-27(13-17)12-15-7-8-18(22)19(23)11-15/h2-8,11,14,17H,9-10,12-13H2,1H3,(H,25,28)(H2,24,26,29)/t14-,17+/m0/s1. The van der Waals surface area contributed by atoms with Crippen molar-refractivity contribution < 1.29 is 4.79 Å². The molecule has 0 radical (unpaired) electrons. The minimum atomic E-state index is -0.428. The smallest absolute Gasteiger partial charge is 0.242 e. The molecule has 0 saturated carbocycles. The lowest BCUT2D eigenvalue weighted by Gasteiger charge is -2.20. The maximum absolute atomic E-state index is 12.5. The van der Waals surface area contributed by atoms with E-state index >= 15 is 0 Å². The van der Waals surface area contributed by atoms with Gasteiger partial charge in [0.05, 0.1) is 10.0 Å². The predicted molar refractivity (Wildman–Crippen MR) is 124 cm³/mol. The van der Waals surface area contributed by atoms with Gasteiger partial charge in [0.15, 0.2) is 5.11 Å². The topological polar surface area (TPSA) is 56.4 Å². The van der Waals surface area contributed by atoms with E-state index in [1.54, 1.807) is 6.92 Å². The van der Waals surface area contributed by atoms with E-state index in [0.717, 1.165) is 37.3 Å². The van der Waals surface area contributed by atoms with Gasteiger partial charge in [0.25, 0.3) is 0 Å². The van der Waals surface area contributed by atoms with Crippen LogP contribution in [0.1, 0.15) is 18.9 Å². The molecule has 29 heavy (non-hydrogen) atoms. The summed E-state index contributed by atoms with van der Waals surface area (Å²) in [5.74, 6) is -0.0661. The number of nitrogens with one attached hydrogen (secondary N) is 3. The third kappa shape index (κ3) is 6.57. The molecule has 1 fully saturated rings. The van der Waals surface area contributed by atoms with Gasteiger partial charge >= 0.3 is 0 Å². The largest absolute Gasteiger partial charge is 0.351 e. The number of benzene rings is 2. The highest BCUT2D eigenvalue weighted by Gasteiger charge is 2.25. The van der Waals surface area contributed by atoms with Crippen LogP contribution < -0.4 is 16.0 Å². The van der Waals surface area contributed by atoms with Crippen LogP contribution in [0.3, 0.4) is 0 Å². The van der Waals surface area contributed by atoms with Gasteiger partial charge in [-0.05, 0) is 55.4 Å². The first kappa shape index (κ1) is 21.8. The number of carbonyl (C=O) groups is 1. The van der Waals surface area contributed by atoms with Crippen LogP contribution in [-0.4, -0.2) is 41.1 Å². The Kier molecular flexibility index (Phi) is 7.72. The fourth-order valence-electron chi connectivity index (χ4n) is 3.27.